The first-order valence-electron chi connectivity index (χ1n) is 19.0. The van der Waals surface area contributed by atoms with E-state index in [2.05, 4.69) is 32.3 Å². The number of anilines is 1. The van der Waals surface area contributed by atoms with Crippen LogP contribution in [0.5, 0.6) is 0 Å². The Labute approximate surface area is 368 Å². The number of nitrogens with one attached hydrogen (secondary N) is 1. The second kappa shape index (κ2) is 15.9. The normalized spacial score (nSPS) is 17.6. The van der Waals surface area contributed by atoms with Gasteiger partial charge in [-0.1, -0.05) is 23.6 Å². The molecule has 1 unspecified atom stereocenters. The highest BCUT2D eigenvalue weighted by Crippen LogP contribution is 2.68. The van der Waals surface area contributed by atoms with Crippen molar-refractivity contribution < 1.29 is 65.5 Å². The topological polar surface area (TPSA) is 149 Å². The largest absolute Gasteiger partial charge is 0.435 e. The second-order valence-corrected chi connectivity index (χ2v) is 21.2. The lowest BCUT2D eigenvalue weighted by molar-refractivity contribution is -0.143. The predicted molar refractivity (Wildman–Crippen MR) is 216 cm³/mol. The summed E-state index contributed by atoms with van der Waals surface area (Å²) in [5, 5.41) is 9.20. The Morgan fingerprint density at radius 2 is 1.60 bits per heavy atom. The van der Waals surface area contributed by atoms with Gasteiger partial charge >= 0.3 is 12.4 Å². The van der Waals surface area contributed by atoms with Gasteiger partial charge < -0.3 is 5.32 Å². The molecule has 1 N–H and O–H groups in total. The van der Waals surface area contributed by atoms with Crippen molar-refractivity contribution in [3.05, 3.63) is 93.0 Å². The summed E-state index contributed by atoms with van der Waals surface area (Å²) in [6, 6.07) is 5.30. The molecular weight excluding hydrogens is 948 g/mol. The third-order valence-electron chi connectivity index (χ3n) is 11.1. The molecule has 348 valence electrons. The van der Waals surface area contributed by atoms with Crippen LogP contribution in [0.2, 0.25) is 5.02 Å². The van der Waals surface area contributed by atoms with Gasteiger partial charge in [0.2, 0.25) is 15.9 Å². The Hall–Kier alpha value is -5.41. The van der Waals surface area contributed by atoms with Crippen LogP contribution in [0.25, 0.3) is 22.0 Å². The number of aromatic nitrogens is 5. The minimum Gasteiger partial charge on any atom is -0.346 e. The lowest BCUT2D eigenvalue weighted by Crippen LogP contribution is -2.35. The Bertz CT molecular complexity index is 3070. The van der Waals surface area contributed by atoms with Crippen molar-refractivity contribution in [2.24, 2.45) is 5.92 Å². The second-order valence-electron chi connectivity index (χ2n) is 16.2. The molecule has 1 fully saturated rings. The average Bonchev–Trinajstić information content (AvgIpc) is 3.66. The molecule has 3 atom stereocenters. The fraction of sp³-hybridized carbons (Fsp3) is 0.400. The summed E-state index contributed by atoms with van der Waals surface area (Å²) in [6.07, 6.45) is -9.40. The number of hydrogen-bond acceptors (Lipinski definition) is 8. The molecule has 65 heavy (non-hydrogen) atoms. The van der Waals surface area contributed by atoms with Crippen molar-refractivity contribution in [2.75, 3.05) is 23.9 Å². The summed E-state index contributed by atoms with van der Waals surface area (Å²) in [6.45, 7) is -0.534. The SMILES string of the molecule is CN(c1nn(CC(F)(F)F)c2c(-c3ccc(C#CC(C)(C)S(C)(=O)=O)nc3[C@H](Cc3cc(F)cc(F)c3)NC(=O)Cn3nc(C(F)(F)F)c4c3C(F)(F)[C@@H]3CC43)ccc(Cl)c12)S(C)(=O)=O. The maximum absolute atomic E-state index is 15.5. The first kappa shape index (κ1) is 47.5. The average molecular weight is 982 g/mol. The maximum atomic E-state index is 15.5. The van der Waals surface area contributed by atoms with Crippen LogP contribution in [-0.2, 0) is 56.3 Å². The van der Waals surface area contributed by atoms with Crippen LogP contribution in [-0.4, -0.2) is 77.8 Å². The molecule has 7 rings (SSSR count). The molecule has 3 heterocycles. The van der Waals surface area contributed by atoms with Crippen molar-refractivity contribution in [2.45, 2.75) is 74.8 Å². The Morgan fingerprint density at radius 3 is 2.18 bits per heavy atom. The van der Waals surface area contributed by atoms with Gasteiger partial charge in [-0.05, 0) is 74.4 Å². The fourth-order valence-electron chi connectivity index (χ4n) is 7.64. The van der Waals surface area contributed by atoms with Crippen molar-refractivity contribution in [1.82, 2.24) is 29.9 Å². The van der Waals surface area contributed by atoms with E-state index in [1.807, 2.05) is 0 Å². The molecule has 3 aromatic heterocycles. The fourth-order valence-corrected chi connectivity index (χ4v) is 8.55. The number of fused-ring (bicyclic) bond motifs is 4. The molecule has 2 aliphatic rings. The van der Waals surface area contributed by atoms with Crippen molar-refractivity contribution >= 4 is 54.1 Å². The third kappa shape index (κ3) is 9.23. The monoisotopic (exact) mass is 981 g/mol. The number of sulfonamides is 1. The van der Waals surface area contributed by atoms with E-state index in [0.29, 0.717) is 15.1 Å². The van der Waals surface area contributed by atoms with E-state index in [9.17, 15) is 56.8 Å². The van der Waals surface area contributed by atoms with Crippen molar-refractivity contribution in [3.8, 4) is 23.0 Å². The number of carbonyl (C=O) groups excluding carboxylic acids is 1. The van der Waals surface area contributed by atoms with Crippen LogP contribution in [0.15, 0.2) is 42.5 Å². The Balaban J connectivity index is 1.46. The lowest BCUT2D eigenvalue weighted by atomic mass is 9.93. The molecule has 5 aromatic rings. The van der Waals surface area contributed by atoms with Gasteiger partial charge in [-0.25, -0.2) is 30.6 Å². The maximum Gasteiger partial charge on any atom is 0.435 e. The smallest absolute Gasteiger partial charge is 0.346 e. The standard InChI is InChI=1S/C40H34ClF10N7O5S2/c1-37(2,64(4,60)61)11-10-22-6-7-23(24-8-9-27(41)31-33(24)58(18-38(44,45)46)55-36(31)56(3)65(5,62)63)32(52-22)28(14-19-12-20(42)15-21(43)13-19)53-29(59)17-57-35-30(34(54-57)40(49,50)51)25-16-26(25)39(35,47)48/h6-9,12-13,15,25-26,28H,14,16-18H2,1-5H3,(H,53,59)/t25?,26-,28+/m1/s1. The predicted octanol–water partition coefficient (Wildman–Crippen LogP) is 7.69. The molecule has 25 heteroatoms. The molecule has 1 amide bonds. The molecule has 0 bridgehead atoms. The van der Waals surface area contributed by atoms with Gasteiger partial charge in [0, 0.05) is 42.0 Å². The minimum atomic E-state index is -5.19. The van der Waals surface area contributed by atoms with Gasteiger partial charge in [0.25, 0.3) is 5.92 Å². The van der Waals surface area contributed by atoms with Gasteiger partial charge in [-0.3, -0.25) is 18.5 Å². The van der Waals surface area contributed by atoms with Gasteiger partial charge in [-0.15, -0.1) is 0 Å². The van der Waals surface area contributed by atoms with E-state index < -0.39 is 126 Å². The van der Waals surface area contributed by atoms with E-state index in [4.69, 9.17) is 11.6 Å². The van der Waals surface area contributed by atoms with Gasteiger partial charge in [0.1, 0.15) is 40.9 Å². The van der Waals surface area contributed by atoms with E-state index in [-0.39, 0.29) is 49.6 Å². The van der Waals surface area contributed by atoms with Crippen molar-refractivity contribution in [1.29, 1.82) is 0 Å². The van der Waals surface area contributed by atoms with Gasteiger partial charge in [0.15, 0.2) is 21.3 Å². The number of carbonyl (C=O) groups is 1. The van der Waals surface area contributed by atoms with Gasteiger partial charge in [0.05, 0.1) is 33.9 Å². The van der Waals surface area contributed by atoms with Crippen LogP contribution < -0.4 is 9.62 Å². The number of nitrogens with zero attached hydrogens (tertiary/aromatic N) is 6. The zero-order valence-electron chi connectivity index (χ0n) is 34.3. The summed E-state index contributed by atoms with van der Waals surface area (Å²) in [5.41, 5.74) is -5.12. The quantitative estimate of drug-likeness (QED) is 0.105. The van der Waals surface area contributed by atoms with Crippen LogP contribution in [0, 0.1) is 29.4 Å². The molecule has 2 aromatic carbocycles. The molecule has 0 radical (unpaired) electrons. The number of halogens is 11. The highest BCUT2D eigenvalue weighted by atomic mass is 35.5. The van der Waals surface area contributed by atoms with Crippen LogP contribution in [0.4, 0.5) is 49.7 Å². The zero-order valence-corrected chi connectivity index (χ0v) is 36.7. The first-order chi connectivity index (χ1) is 29.8. The van der Waals surface area contributed by atoms with E-state index in [1.54, 1.807) is 0 Å². The van der Waals surface area contributed by atoms with Gasteiger partial charge in [-0.2, -0.15) is 45.3 Å². The molecule has 0 aliphatic heterocycles. The molecule has 2 aliphatic carbocycles. The summed E-state index contributed by atoms with van der Waals surface area (Å²) in [5.74, 6) is -5.32. The van der Waals surface area contributed by atoms with Crippen LogP contribution >= 0.6 is 11.6 Å². The zero-order chi connectivity index (χ0) is 48.1. The van der Waals surface area contributed by atoms with Crippen LogP contribution in [0.3, 0.4) is 0 Å². The Morgan fingerprint density at radius 1 is 0.969 bits per heavy atom. The highest BCUT2D eigenvalue weighted by Gasteiger charge is 2.68. The summed E-state index contributed by atoms with van der Waals surface area (Å²) >= 11 is 6.53. The summed E-state index contributed by atoms with van der Waals surface area (Å²) in [4.78, 5) is 18.6. The summed E-state index contributed by atoms with van der Waals surface area (Å²) in [7, 11) is -7.05. The Kier molecular flexibility index (Phi) is 11.6. The van der Waals surface area contributed by atoms with E-state index in [0.717, 1.165) is 31.7 Å². The van der Waals surface area contributed by atoms with Crippen LogP contribution in [0.1, 0.15) is 66.1 Å². The first-order valence-corrected chi connectivity index (χ1v) is 23.1. The molecule has 0 spiro atoms. The summed E-state index contributed by atoms with van der Waals surface area (Å²) < 4.78 is 195. The number of amides is 1. The van der Waals surface area contributed by atoms with E-state index >= 15 is 8.78 Å². The number of pyridine rings is 1. The minimum absolute atomic E-state index is 0.190. The lowest BCUT2D eigenvalue weighted by Gasteiger charge is -2.23. The third-order valence-corrected chi connectivity index (χ3v) is 14.5. The number of rotatable bonds is 11. The molecule has 12 nitrogen and oxygen atoms in total. The molecular formula is C40H34ClF10N7O5S2. The molecule has 1 saturated carbocycles. The highest BCUT2D eigenvalue weighted by molar-refractivity contribution is 7.92. The number of hydrogen-bond donors (Lipinski definition) is 1. The number of sulfone groups is 1. The number of benzene rings is 2. The molecule has 0 saturated heterocycles. The number of alkyl halides is 8. The van der Waals surface area contributed by atoms with E-state index in [1.165, 1.54) is 38.1 Å². The van der Waals surface area contributed by atoms with Crippen molar-refractivity contribution in [3.63, 3.8) is 0 Å².